The van der Waals surface area contributed by atoms with Gasteiger partial charge in [-0.15, -0.1) is 0 Å². The van der Waals surface area contributed by atoms with Crippen molar-refractivity contribution in [1.82, 2.24) is 10.3 Å². The average Bonchev–Trinajstić information content (AvgIpc) is 2.50. The van der Waals surface area contributed by atoms with Gasteiger partial charge in [-0.1, -0.05) is 5.16 Å². The molecule has 0 aliphatic heterocycles. The number of anilines is 1. The lowest BCUT2D eigenvalue weighted by Crippen LogP contribution is -2.10. The summed E-state index contributed by atoms with van der Waals surface area (Å²) in [7, 11) is 0. The second-order valence-corrected chi connectivity index (χ2v) is 2.33. The normalized spacial score (nSPS) is 11.4. The van der Waals surface area contributed by atoms with Crippen molar-refractivity contribution in [3.05, 3.63) is 5.69 Å². The number of hydrogen-bond acceptors (Lipinski definition) is 6. The summed E-state index contributed by atoms with van der Waals surface area (Å²) in [6.07, 6.45) is 0. The van der Waals surface area contributed by atoms with E-state index in [1.165, 1.54) is 13.8 Å². The van der Waals surface area contributed by atoms with Gasteiger partial charge in [0, 0.05) is 6.92 Å². The highest BCUT2D eigenvalue weighted by molar-refractivity contribution is 6.03. The van der Waals surface area contributed by atoms with Crippen molar-refractivity contribution < 1.29 is 14.6 Å². The van der Waals surface area contributed by atoms with Gasteiger partial charge in [0.2, 0.25) is 11.7 Å². The number of nitrogens with zero attached hydrogens (tertiary/aromatic N) is 3. The summed E-state index contributed by atoms with van der Waals surface area (Å²) in [4.78, 5) is 10.7. The van der Waals surface area contributed by atoms with Crippen LogP contribution in [0.5, 0.6) is 0 Å². The van der Waals surface area contributed by atoms with E-state index in [0.29, 0.717) is 0 Å². The maximum absolute atomic E-state index is 10.7. The molecule has 7 heteroatoms. The van der Waals surface area contributed by atoms with Crippen molar-refractivity contribution in [2.45, 2.75) is 13.8 Å². The maximum atomic E-state index is 10.7. The van der Waals surface area contributed by atoms with Gasteiger partial charge in [-0.05, 0) is 17.2 Å². The monoisotopic (exact) mass is 184 g/mol. The summed E-state index contributed by atoms with van der Waals surface area (Å²) < 4.78 is 4.36. The molecule has 0 bridgehead atoms. The topological polar surface area (TPSA) is 101 Å². The smallest absolute Gasteiger partial charge is 0.222 e. The lowest BCUT2D eigenvalue weighted by atomic mass is 10.3. The Hall–Kier alpha value is -1.92. The average molecular weight is 184 g/mol. The Labute approximate surface area is 73.4 Å². The minimum Gasteiger partial charge on any atom is -0.411 e. The second kappa shape index (κ2) is 3.65. The summed E-state index contributed by atoms with van der Waals surface area (Å²) >= 11 is 0. The molecule has 1 amide bonds. The van der Waals surface area contributed by atoms with Crippen LogP contribution in [0.25, 0.3) is 0 Å². The van der Waals surface area contributed by atoms with Gasteiger partial charge in [-0.3, -0.25) is 4.79 Å². The van der Waals surface area contributed by atoms with Crippen molar-refractivity contribution in [3.8, 4) is 0 Å². The first kappa shape index (κ1) is 9.17. The summed E-state index contributed by atoms with van der Waals surface area (Å²) in [5.74, 6) is -0.162. The van der Waals surface area contributed by atoms with Crippen molar-refractivity contribution in [3.63, 3.8) is 0 Å². The van der Waals surface area contributed by atoms with Gasteiger partial charge < -0.3 is 10.5 Å². The lowest BCUT2D eigenvalue weighted by molar-refractivity contribution is -0.114. The Morgan fingerprint density at radius 1 is 1.54 bits per heavy atom. The number of oxime groups is 1. The van der Waals surface area contributed by atoms with Gasteiger partial charge in [0.05, 0.1) is 0 Å². The number of hydrogen-bond donors (Lipinski definition) is 2. The Morgan fingerprint density at radius 3 is 2.77 bits per heavy atom. The molecule has 70 valence electrons. The fraction of sp³-hybridized carbons (Fsp3) is 0.333. The largest absolute Gasteiger partial charge is 0.411 e. The molecule has 0 aliphatic rings. The van der Waals surface area contributed by atoms with Crippen molar-refractivity contribution in [1.29, 1.82) is 0 Å². The predicted molar refractivity (Wildman–Crippen MR) is 42.6 cm³/mol. The summed E-state index contributed by atoms with van der Waals surface area (Å²) in [6.45, 7) is 2.83. The van der Waals surface area contributed by atoms with Crippen LogP contribution in [0.1, 0.15) is 19.5 Å². The van der Waals surface area contributed by atoms with Crippen LogP contribution in [0.4, 0.5) is 5.82 Å². The summed E-state index contributed by atoms with van der Waals surface area (Å²) in [5, 5.41) is 20.6. The third kappa shape index (κ3) is 2.01. The first-order valence-electron chi connectivity index (χ1n) is 3.44. The molecule has 0 unspecified atom stereocenters. The Bertz CT molecular complexity index is 343. The maximum Gasteiger partial charge on any atom is 0.222 e. The minimum absolute atomic E-state index is 0.141. The fourth-order valence-electron chi connectivity index (χ4n) is 0.722. The zero-order valence-corrected chi connectivity index (χ0v) is 7.11. The Balaban J connectivity index is 2.96. The van der Waals surface area contributed by atoms with Crippen LogP contribution < -0.4 is 5.32 Å². The highest BCUT2D eigenvalue weighted by atomic mass is 16.6. The second-order valence-electron chi connectivity index (χ2n) is 2.33. The molecule has 0 saturated carbocycles. The number of aromatic nitrogens is 2. The van der Waals surface area contributed by atoms with Crippen LogP contribution in [0.15, 0.2) is 9.78 Å². The van der Waals surface area contributed by atoms with Gasteiger partial charge in [0.1, 0.15) is 5.71 Å². The number of carbonyl (C=O) groups is 1. The quantitative estimate of drug-likeness (QED) is 0.389. The van der Waals surface area contributed by atoms with E-state index in [1.807, 2.05) is 0 Å². The number of nitrogens with one attached hydrogen (secondary N) is 1. The summed E-state index contributed by atoms with van der Waals surface area (Å²) in [6, 6.07) is 0. The molecule has 13 heavy (non-hydrogen) atoms. The number of rotatable bonds is 2. The van der Waals surface area contributed by atoms with Crippen molar-refractivity contribution in [2.24, 2.45) is 5.16 Å². The molecule has 1 aromatic heterocycles. The van der Waals surface area contributed by atoms with E-state index in [1.54, 1.807) is 0 Å². The number of amides is 1. The summed E-state index contributed by atoms with van der Waals surface area (Å²) in [5.41, 5.74) is 0.419. The third-order valence-electron chi connectivity index (χ3n) is 1.28. The molecule has 0 aliphatic carbocycles. The molecule has 1 heterocycles. The van der Waals surface area contributed by atoms with Gasteiger partial charge in [0.15, 0.2) is 5.69 Å². The van der Waals surface area contributed by atoms with Crippen LogP contribution in [0.3, 0.4) is 0 Å². The SMILES string of the molecule is CC(=O)Nc1nonc1C(C)=NO. The zero-order chi connectivity index (χ0) is 9.84. The standard InChI is InChI=1S/C6H8N4O3/c1-3(8-12)5-6(7-4(2)11)10-13-9-5/h12H,1-2H3,(H,7,10,11). The van der Waals surface area contributed by atoms with Crippen molar-refractivity contribution >= 4 is 17.4 Å². The van der Waals surface area contributed by atoms with E-state index in [0.717, 1.165) is 0 Å². The predicted octanol–water partition coefficient (Wildman–Crippen LogP) is 0.226. The minimum atomic E-state index is -0.303. The van der Waals surface area contributed by atoms with E-state index in [4.69, 9.17) is 5.21 Å². The highest BCUT2D eigenvalue weighted by Gasteiger charge is 2.13. The van der Waals surface area contributed by atoms with E-state index < -0.39 is 0 Å². The van der Waals surface area contributed by atoms with Crippen molar-refractivity contribution in [2.75, 3.05) is 5.32 Å². The van der Waals surface area contributed by atoms with Gasteiger partial charge in [-0.25, -0.2) is 4.63 Å². The van der Waals surface area contributed by atoms with Crippen LogP contribution >= 0.6 is 0 Å². The molecule has 0 fully saturated rings. The molecular weight excluding hydrogens is 176 g/mol. The van der Waals surface area contributed by atoms with E-state index in [-0.39, 0.29) is 23.1 Å². The molecule has 2 N–H and O–H groups in total. The van der Waals surface area contributed by atoms with Gasteiger partial charge >= 0.3 is 0 Å². The van der Waals surface area contributed by atoms with E-state index in [2.05, 4.69) is 25.4 Å². The molecule has 1 aromatic rings. The molecule has 7 nitrogen and oxygen atoms in total. The molecule has 0 saturated heterocycles. The molecular formula is C6H8N4O3. The third-order valence-corrected chi connectivity index (χ3v) is 1.28. The van der Waals surface area contributed by atoms with Crippen LogP contribution in [0, 0.1) is 0 Å². The molecule has 0 aromatic carbocycles. The van der Waals surface area contributed by atoms with E-state index in [9.17, 15) is 4.79 Å². The highest BCUT2D eigenvalue weighted by Crippen LogP contribution is 2.09. The Morgan fingerprint density at radius 2 is 2.23 bits per heavy atom. The van der Waals surface area contributed by atoms with Crippen LogP contribution in [-0.2, 0) is 4.79 Å². The molecule has 1 rings (SSSR count). The zero-order valence-electron chi connectivity index (χ0n) is 7.11. The fourth-order valence-corrected chi connectivity index (χ4v) is 0.722. The first-order chi connectivity index (χ1) is 6.15. The molecule has 0 spiro atoms. The van der Waals surface area contributed by atoms with Crippen LogP contribution in [-0.4, -0.2) is 27.1 Å². The molecule has 0 atom stereocenters. The van der Waals surface area contributed by atoms with Gasteiger partial charge in [0.25, 0.3) is 0 Å². The van der Waals surface area contributed by atoms with E-state index >= 15 is 0 Å². The van der Waals surface area contributed by atoms with Gasteiger partial charge in [-0.2, -0.15) is 0 Å². The lowest BCUT2D eigenvalue weighted by Gasteiger charge is -1.96. The first-order valence-corrected chi connectivity index (χ1v) is 3.44. The van der Waals surface area contributed by atoms with Crippen LogP contribution in [0.2, 0.25) is 0 Å². The Kier molecular flexibility index (Phi) is 2.58. The molecule has 0 radical (unpaired) electrons. The number of carbonyl (C=O) groups excluding carboxylic acids is 1.